The third-order valence-electron chi connectivity index (χ3n) is 14.7. The molecule has 15 rings (SSSR count). The Morgan fingerprint density at radius 3 is 1.15 bits per heavy atom. The van der Waals surface area contributed by atoms with Crippen LogP contribution in [0.1, 0.15) is 22.3 Å². The highest BCUT2D eigenvalue weighted by atomic mass is 16.3. The van der Waals surface area contributed by atoms with Crippen molar-refractivity contribution in [1.29, 1.82) is 0 Å². The molecule has 0 saturated heterocycles. The van der Waals surface area contributed by atoms with E-state index in [1.807, 2.05) is 12.1 Å². The Morgan fingerprint density at radius 2 is 0.600 bits per heavy atom. The normalized spacial score (nSPS) is 13.4. The SMILES string of the molecule is c1ccc2c(c1)-c1ccccc1C21c2ccccc2-c2c(-c3c4cccc(-c5cccc6c5oc5ccccc56)c4cc4c(-c5cccc6c5oc5ccccc56)cccc34)cccc21. The van der Waals surface area contributed by atoms with Gasteiger partial charge in [-0.2, -0.15) is 0 Å². The van der Waals surface area contributed by atoms with E-state index in [2.05, 4.69) is 206 Å². The Balaban J connectivity index is 1.10. The molecule has 2 nitrogen and oxygen atoms in total. The summed E-state index contributed by atoms with van der Waals surface area (Å²) < 4.78 is 13.5. The van der Waals surface area contributed by atoms with Crippen molar-refractivity contribution in [3.8, 4) is 55.6 Å². The Bertz CT molecular complexity index is 3980. The van der Waals surface area contributed by atoms with E-state index in [0.29, 0.717) is 0 Å². The number of furan rings is 2. The number of rotatable bonds is 3. The minimum Gasteiger partial charge on any atom is -0.455 e. The summed E-state index contributed by atoms with van der Waals surface area (Å²) in [5, 5.41) is 9.22. The second-order valence-corrected chi connectivity index (χ2v) is 17.7. The van der Waals surface area contributed by atoms with Gasteiger partial charge in [0.1, 0.15) is 22.3 Å². The number of benzene rings is 11. The van der Waals surface area contributed by atoms with Crippen LogP contribution in [-0.2, 0) is 5.41 Å². The molecule has 0 bridgehead atoms. The van der Waals surface area contributed by atoms with Gasteiger partial charge in [-0.15, -0.1) is 0 Å². The molecule has 0 amide bonds. The minimum absolute atomic E-state index is 0.459. The minimum atomic E-state index is -0.459. The summed E-state index contributed by atoms with van der Waals surface area (Å²) in [6, 6.07) is 80.3. The molecule has 11 aromatic carbocycles. The molecule has 13 aromatic rings. The first kappa shape index (κ1) is 35.1. The maximum atomic E-state index is 6.76. The van der Waals surface area contributed by atoms with Crippen molar-refractivity contribution in [1.82, 2.24) is 0 Å². The highest BCUT2D eigenvalue weighted by Crippen LogP contribution is 2.64. The van der Waals surface area contributed by atoms with E-state index < -0.39 is 5.41 Å². The van der Waals surface area contributed by atoms with E-state index in [9.17, 15) is 0 Å². The third kappa shape index (κ3) is 4.48. The predicted molar refractivity (Wildman–Crippen MR) is 269 cm³/mol. The molecule has 0 saturated carbocycles. The Morgan fingerprint density at radius 1 is 0.231 bits per heavy atom. The Labute approximate surface area is 374 Å². The maximum absolute atomic E-state index is 6.76. The summed E-state index contributed by atoms with van der Waals surface area (Å²) in [6.45, 7) is 0. The average molecular weight is 825 g/mol. The van der Waals surface area contributed by atoms with Gasteiger partial charge >= 0.3 is 0 Å². The lowest BCUT2D eigenvalue weighted by Crippen LogP contribution is -2.25. The van der Waals surface area contributed by atoms with E-state index in [1.54, 1.807) is 0 Å². The highest BCUT2D eigenvalue weighted by molar-refractivity contribution is 6.23. The highest BCUT2D eigenvalue weighted by Gasteiger charge is 2.52. The van der Waals surface area contributed by atoms with Crippen LogP contribution in [0.4, 0.5) is 0 Å². The van der Waals surface area contributed by atoms with Crippen LogP contribution in [0.15, 0.2) is 227 Å². The summed E-state index contributed by atoms with van der Waals surface area (Å²) in [5.41, 5.74) is 20.5. The van der Waals surface area contributed by atoms with Crippen molar-refractivity contribution in [3.05, 3.63) is 241 Å². The second-order valence-electron chi connectivity index (χ2n) is 17.7. The molecule has 2 heteroatoms. The van der Waals surface area contributed by atoms with Crippen molar-refractivity contribution < 1.29 is 8.83 Å². The van der Waals surface area contributed by atoms with Gasteiger partial charge in [0.25, 0.3) is 0 Å². The molecule has 0 unspecified atom stereocenters. The molecule has 65 heavy (non-hydrogen) atoms. The molecule has 2 aliphatic rings. The zero-order valence-corrected chi connectivity index (χ0v) is 35.1. The first-order valence-electron chi connectivity index (χ1n) is 22.5. The number of fused-ring (bicyclic) bond motifs is 18. The molecule has 1 spiro atoms. The van der Waals surface area contributed by atoms with Gasteiger partial charge in [-0.3, -0.25) is 0 Å². The van der Waals surface area contributed by atoms with Crippen LogP contribution in [0.3, 0.4) is 0 Å². The smallest absolute Gasteiger partial charge is 0.143 e. The lowest BCUT2D eigenvalue weighted by Gasteiger charge is -2.30. The second kappa shape index (κ2) is 12.8. The van der Waals surface area contributed by atoms with Crippen molar-refractivity contribution >= 4 is 65.4 Å². The molecule has 0 atom stereocenters. The van der Waals surface area contributed by atoms with Gasteiger partial charge in [-0.25, -0.2) is 0 Å². The maximum Gasteiger partial charge on any atom is 0.143 e. The van der Waals surface area contributed by atoms with Crippen molar-refractivity contribution in [2.24, 2.45) is 0 Å². The van der Waals surface area contributed by atoms with Crippen LogP contribution in [0.5, 0.6) is 0 Å². The van der Waals surface area contributed by atoms with Crippen LogP contribution in [-0.4, -0.2) is 0 Å². The van der Waals surface area contributed by atoms with Gasteiger partial charge in [-0.05, 0) is 107 Å². The third-order valence-corrected chi connectivity index (χ3v) is 14.7. The summed E-state index contributed by atoms with van der Waals surface area (Å²) >= 11 is 0. The summed E-state index contributed by atoms with van der Waals surface area (Å²) in [6.07, 6.45) is 0. The van der Waals surface area contributed by atoms with Gasteiger partial charge in [0.15, 0.2) is 0 Å². The van der Waals surface area contributed by atoms with E-state index in [4.69, 9.17) is 8.83 Å². The van der Waals surface area contributed by atoms with E-state index in [0.717, 1.165) is 66.1 Å². The lowest BCUT2D eigenvalue weighted by atomic mass is 9.70. The standard InChI is InChI=1S/C63H36O2/c1-6-30-53-39(16-1)40-17-2-7-31-54(40)63(53)55-32-8-3-20-49(55)60-50(29-15-33-56(60)63)59-43-23-11-21-37(45-25-13-27-47-41-18-4-9-34-57(41)64-61(45)47)51(43)36-52-38(22-12-24-44(52)59)46-26-14-28-48-42-19-5-10-35-58(42)65-62(46)48/h1-36H. The molecule has 300 valence electrons. The first-order valence-corrected chi connectivity index (χ1v) is 22.5. The summed E-state index contributed by atoms with van der Waals surface area (Å²) in [5.74, 6) is 0. The predicted octanol–water partition coefficient (Wildman–Crippen LogP) is 17.1. The lowest BCUT2D eigenvalue weighted by molar-refractivity contribution is 0.669. The molecular weight excluding hydrogens is 789 g/mol. The Kier molecular flexibility index (Phi) is 6.91. The number of para-hydroxylation sites is 4. The van der Waals surface area contributed by atoms with Crippen LogP contribution >= 0.6 is 0 Å². The van der Waals surface area contributed by atoms with Gasteiger partial charge in [0.2, 0.25) is 0 Å². The van der Waals surface area contributed by atoms with E-state index in [1.165, 1.54) is 77.2 Å². The van der Waals surface area contributed by atoms with Crippen molar-refractivity contribution in [2.45, 2.75) is 5.41 Å². The fraction of sp³-hybridized carbons (Fsp3) is 0.0159. The fourth-order valence-corrected chi connectivity index (χ4v) is 12.2. The van der Waals surface area contributed by atoms with Crippen molar-refractivity contribution in [3.63, 3.8) is 0 Å². The average Bonchev–Trinajstić information content (AvgIpc) is 4.11. The van der Waals surface area contributed by atoms with Gasteiger partial charge in [0.05, 0.1) is 5.41 Å². The van der Waals surface area contributed by atoms with Gasteiger partial charge in [-0.1, -0.05) is 200 Å². The topological polar surface area (TPSA) is 26.3 Å². The molecule has 2 aliphatic carbocycles. The number of hydrogen-bond donors (Lipinski definition) is 0. The fourth-order valence-electron chi connectivity index (χ4n) is 12.2. The number of hydrogen-bond acceptors (Lipinski definition) is 2. The van der Waals surface area contributed by atoms with Gasteiger partial charge < -0.3 is 8.83 Å². The molecule has 0 N–H and O–H groups in total. The van der Waals surface area contributed by atoms with E-state index in [-0.39, 0.29) is 0 Å². The van der Waals surface area contributed by atoms with Crippen molar-refractivity contribution in [2.75, 3.05) is 0 Å². The summed E-state index contributed by atoms with van der Waals surface area (Å²) in [7, 11) is 0. The van der Waals surface area contributed by atoms with Crippen LogP contribution in [0.25, 0.3) is 121 Å². The molecular formula is C63H36O2. The molecule has 2 aromatic heterocycles. The first-order chi connectivity index (χ1) is 32.3. The molecule has 0 aliphatic heterocycles. The van der Waals surface area contributed by atoms with Crippen LogP contribution in [0, 0.1) is 0 Å². The van der Waals surface area contributed by atoms with E-state index >= 15 is 0 Å². The largest absolute Gasteiger partial charge is 0.455 e. The van der Waals surface area contributed by atoms with Crippen LogP contribution < -0.4 is 0 Å². The molecule has 0 radical (unpaired) electrons. The van der Waals surface area contributed by atoms with Gasteiger partial charge in [0, 0.05) is 32.7 Å². The molecule has 2 heterocycles. The summed E-state index contributed by atoms with van der Waals surface area (Å²) in [4.78, 5) is 0. The monoisotopic (exact) mass is 824 g/mol. The zero-order valence-electron chi connectivity index (χ0n) is 35.1. The Hall–Kier alpha value is -8.46. The zero-order chi connectivity index (χ0) is 42.4. The quantitative estimate of drug-likeness (QED) is 0.166. The van der Waals surface area contributed by atoms with Crippen LogP contribution in [0.2, 0.25) is 0 Å². The molecule has 0 fully saturated rings.